The molecule has 2 saturated heterocycles. The Kier molecular flexibility index (Phi) is 7.71. The van der Waals surface area contributed by atoms with E-state index in [9.17, 15) is 0 Å². The fourth-order valence-electron chi connectivity index (χ4n) is 6.82. The predicted molar refractivity (Wildman–Crippen MR) is 166 cm³/mol. The lowest BCUT2D eigenvalue weighted by molar-refractivity contribution is -0.0855. The van der Waals surface area contributed by atoms with Crippen LogP contribution in [-0.2, 0) is 5.92 Å². The summed E-state index contributed by atoms with van der Waals surface area (Å²) in [7, 11) is 0. The van der Waals surface area contributed by atoms with E-state index in [0.717, 1.165) is 63.8 Å². The van der Waals surface area contributed by atoms with Crippen LogP contribution in [0.15, 0.2) is 36.4 Å². The Morgan fingerprint density at radius 1 is 0.929 bits per heavy atom. The number of benzene rings is 2. The van der Waals surface area contributed by atoms with Crippen molar-refractivity contribution in [3.8, 4) is 5.75 Å². The van der Waals surface area contributed by atoms with Crippen molar-refractivity contribution in [2.24, 2.45) is 5.92 Å². The van der Waals surface area contributed by atoms with Gasteiger partial charge in [0.15, 0.2) is 5.82 Å². The molecule has 8 bridgehead atoms. The molecule has 0 spiro atoms. The SMILES string of the molecule is [2H]C([2H])([2H])c1nnc2c3cc(N4CCCCC4)cc(c13)OCCCCCCN1CCC(CC1)C(F)(F)c1cccc(c1)[C@@H](C)N2. The lowest BCUT2D eigenvalue weighted by atomic mass is 9.85. The molecule has 2 aromatic carbocycles. The van der Waals surface area contributed by atoms with Crippen LogP contribution in [0.1, 0.15) is 91.7 Å². The van der Waals surface area contributed by atoms with Crippen LogP contribution in [0, 0.1) is 12.8 Å². The average molecular weight is 581 g/mol. The van der Waals surface area contributed by atoms with Gasteiger partial charge in [0.1, 0.15) is 5.75 Å². The van der Waals surface area contributed by atoms with Crippen molar-refractivity contribution >= 4 is 22.3 Å². The van der Waals surface area contributed by atoms with Crippen molar-refractivity contribution in [1.29, 1.82) is 0 Å². The molecule has 4 aliphatic rings. The smallest absolute Gasteiger partial charge is 0.276 e. The molecule has 5 heterocycles. The molecule has 1 atom stereocenters. The van der Waals surface area contributed by atoms with Crippen molar-refractivity contribution in [3.05, 3.63) is 53.2 Å². The van der Waals surface area contributed by atoms with Crippen molar-refractivity contribution < 1.29 is 17.6 Å². The van der Waals surface area contributed by atoms with E-state index >= 15 is 8.78 Å². The number of alkyl halides is 2. The molecule has 1 aromatic heterocycles. The fourth-order valence-corrected chi connectivity index (χ4v) is 6.82. The average Bonchev–Trinajstić information content (AvgIpc) is 3.04. The third-order valence-corrected chi connectivity index (χ3v) is 9.40. The largest absolute Gasteiger partial charge is 0.493 e. The first-order valence-electron chi connectivity index (χ1n) is 17.3. The van der Waals surface area contributed by atoms with Crippen LogP contribution in [0.2, 0.25) is 0 Å². The Bertz CT molecular complexity index is 1470. The molecule has 8 heteroatoms. The molecule has 0 amide bonds. The first kappa shape index (κ1) is 25.5. The lowest BCUT2D eigenvalue weighted by Crippen LogP contribution is -2.40. The van der Waals surface area contributed by atoms with Crippen LogP contribution < -0.4 is 15.0 Å². The molecule has 42 heavy (non-hydrogen) atoms. The summed E-state index contributed by atoms with van der Waals surface area (Å²) in [4.78, 5) is 4.63. The van der Waals surface area contributed by atoms with E-state index in [1.165, 1.54) is 12.5 Å². The third-order valence-electron chi connectivity index (χ3n) is 9.40. The minimum Gasteiger partial charge on any atom is -0.493 e. The van der Waals surface area contributed by atoms with E-state index in [0.29, 0.717) is 60.4 Å². The van der Waals surface area contributed by atoms with Crippen LogP contribution >= 0.6 is 0 Å². The van der Waals surface area contributed by atoms with Crippen LogP contribution in [0.25, 0.3) is 10.8 Å². The van der Waals surface area contributed by atoms with Gasteiger partial charge in [-0.05, 0) is 96.1 Å². The molecule has 6 nitrogen and oxygen atoms in total. The van der Waals surface area contributed by atoms with Gasteiger partial charge >= 0.3 is 0 Å². The standard InChI is InChI=1S/C34H45F2N5O/c1-24-26-11-10-12-28(21-26)34(35,36)27-13-18-40(19-14-27)15-6-3-4-9-20-42-31-23-29(41-16-7-5-8-17-41)22-30-32(31)25(2)38-39-33(30)37-24/h10-12,21-24,27H,3-9,13-20H2,1-2H3,(H,37,39)/t24-/m1/s1/i2D3. The monoisotopic (exact) mass is 580 g/mol. The Hall–Kier alpha value is -3.00. The molecular weight excluding hydrogens is 532 g/mol. The van der Waals surface area contributed by atoms with Crippen LogP contribution in [0.5, 0.6) is 5.75 Å². The summed E-state index contributed by atoms with van der Waals surface area (Å²) >= 11 is 0. The highest BCUT2D eigenvalue weighted by Gasteiger charge is 2.42. The maximum atomic E-state index is 15.9. The number of nitrogens with zero attached hydrogens (tertiary/aromatic N) is 4. The number of aryl methyl sites for hydroxylation is 1. The highest BCUT2D eigenvalue weighted by atomic mass is 19.3. The van der Waals surface area contributed by atoms with Crippen molar-refractivity contribution in [2.45, 2.75) is 83.5 Å². The predicted octanol–water partition coefficient (Wildman–Crippen LogP) is 7.86. The number of hydrogen-bond acceptors (Lipinski definition) is 6. The topological polar surface area (TPSA) is 53.5 Å². The maximum absolute atomic E-state index is 15.9. The summed E-state index contributed by atoms with van der Waals surface area (Å²) in [6.45, 7) is 4.01. The first-order valence-corrected chi connectivity index (χ1v) is 15.8. The van der Waals surface area contributed by atoms with Crippen LogP contribution in [0.3, 0.4) is 0 Å². The minimum absolute atomic E-state index is 0.0368. The van der Waals surface area contributed by atoms with Gasteiger partial charge in [0, 0.05) is 45.8 Å². The highest BCUT2D eigenvalue weighted by Crippen LogP contribution is 2.43. The number of piperidine rings is 2. The van der Waals surface area contributed by atoms with Crippen molar-refractivity contribution in [3.63, 3.8) is 0 Å². The maximum Gasteiger partial charge on any atom is 0.276 e. The number of ether oxygens (including phenoxy) is 1. The van der Waals surface area contributed by atoms with Gasteiger partial charge in [-0.25, -0.2) is 8.78 Å². The van der Waals surface area contributed by atoms with Gasteiger partial charge < -0.3 is 19.9 Å². The number of nitrogens with one attached hydrogen (secondary N) is 1. The summed E-state index contributed by atoms with van der Waals surface area (Å²) in [5, 5.41) is 13.0. The first-order chi connectivity index (χ1) is 21.6. The van der Waals surface area contributed by atoms with Gasteiger partial charge in [-0.3, -0.25) is 0 Å². The molecule has 226 valence electrons. The third kappa shape index (κ3) is 6.19. The fraction of sp³-hybridized carbons (Fsp3) is 0.588. The summed E-state index contributed by atoms with van der Waals surface area (Å²) in [5.74, 6) is -2.71. The van der Waals surface area contributed by atoms with Gasteiger partial charge in [0.25, 0.3) is 5.92 Å². The zero-order chi connectivity index (χ0) is 31.6. The normalized spacial score (nSPS) is 26.8. The molecule has 4 aliphatic heterocycles. The molecular formula is C34H45F2N5O. The number of hydrogen-bond donors (Lipinski definition) is 1. The lowest BCUT2D eigenvalue weighted by Gasteiger charge is -2.36. The Balaban J connectivity index is 1.43. The van der Waals surface area contributed by atoms with Gasteiger partial charge in [-0.1, -0.05) is 31.0 Å². The number of fused-ring (bicyclic) bond motifs is 9. The second-order valence-electron chi connectivity index (χ2n) is 12.3. The van der Waals surface area contributed by atoms with E-state index in [1.807, 2.05) is 25.1 Å². The van der Waals surface area contributed by atoms with E-state index in [-0.39, 0.29) is 11.3 Å². The summed E-state index contributed by atoms with van der Waals surface area (Å²) in [6.07, 6.45) is 8.18. The molecule has 0 aliphatic carbocycles. The van der Waals surface area contributed by atoms with E-state index < -0.39 is 24.7 Å². The second-order valence-corrected chi connectivity index (χ2v) is 12.3. The van der Waals surface area contributed by atoms with Gasteiger partial charge in [0.05, 0.1) is 23.7 Å². The van der Waals surface area contributed by atoms with E-state index in [1.54, 1.807) is 12.1 Å². The zero-order valence-corrected chi connectivity index (χ0v) is 24.7. The Morgan fingerprint density at radius 3 is 2.50 bits per heavy atom. The summed E-state index contributed by atoms with van der Waals surface area (Å²) in [6, 6.07) is 10.2. The number of rotatable bonds is 1. The molecule has 7 rings (SSSR count). The Morgan fingerprint density at radius 2 is 1.69 bits per heavy atom. The number of anilines is 2. The minimum atomic E-state index is -2.93. The van der Waals surface area contributed by atoms with Crippen molar-refractivity contribution in [1.82, 2.24) is 15.1 Å². The second kappa shape index (κ2) is 12.7. The molecule has 3 aromatic rings. The van der Waals surface area contributed by atoms with Crippen LogP contribution in [0.4, 0.5) is 20.3 Å². The zero-order valence-electron chi connectivity index (χ0n) is 27.7. The summed E-state index contributed by atoms with van der Waals surface area (Å²) < 4.78 is 63.0. The summed E-state index contributed by atoms with van der Waals surface area (Å²) in [5.41, 5.74) is 1.60. The highest BCUT2D eigenvalue weighted by molar-refractivity contribution is 5.99. The molecule has 0 radical (unpaired) electrons. The Labute approximate surface area is 253 Å². The molecule has 0 saturated carbocycles. The number of aromatic nitrogens is 2. The number of halogens is 2. The van der Waals surface area contributed by atoms with Crippen molar-refractivity contribution in [2.75, 3.05) is 49.5 Å². The van der Waals surface area contributed by atoms with Gasteiger partial charge in [-0.2, -0.15) is 5.10 Å². The van der Waals surface area contributed by atoms with E-state index in [2.05, 4.69) is 25.3 Å². The molecule has 2 fully saturated rings. The molecule has 1 N–H and O–H groups in total. The van der Waals surface area contributed by atoms with Gasteiger partial charge in [0.2, 0.25) is 0 Å². The van der Waals surface area contributed by atoms with Gasteiger partial charge in [-0.15, -0.1) is 5.10 Å². The quantitative estimate of drug-likeness (QED) is 0.316. The van der Waals surface area contributed by atoms with Crippen LogP contribution in [-0.4, -0.2) is 54.4 Å². The van der Waals surface area contributed by atoms with E-state index in [4.69, 9.17) is 8.85 Å². The molecule has 0 unspecified atom stereocenters.